The molecule has 1 fully saturated rings. The van der Waals surface area contributed by atoms with Gasteiger partial charge in [0.2, 0.25) is 5.91 Å². The lowest BCUT2D eigenvalue weighted by atomic mass is 10.0. The van der Waals surface area contributed by atoms with Gasteiger partial charge in [0.15, 0.2) is 0 Å². The lowest BCUT2D eigenvalue weighted by molar-refractivity contribution is -0.138. The van der Waals surface area contributed by atoms with Crippen molar-refractivity contribution < 1.29 is 23.1 Å². The van der Waals surface area contributed by atoms with Crippen molar-refractivity contribution in [2.24, 2.45) is 5.92 Å². The number of anilines is 1. The summed E-state index contributed by atoms with van der Waals surface area (Å²) < 4.78 is 39.2. The molecule has 1 amide bonds. The van der Waals surface area contributed by atoms with E-state index in [0.717, 1.165) is 6.07 Å². The molecule has 1 aromatic carbocycles. The van der Waals surface area contributed by atoms with Crippen molar-refractivity contribution in [1.29, 1.82) is 0 Å². The minimum atomic E-state index is -4.44. The number of carbonyl (C=O) groups excluding carboxylic acids is 1. The smallest absolute Gasteiger partial charge is 0.392 e. The summed E-state index contributed by atoms with van der Waals surface area (Å²) in [5, 5.41) is 11.9. The summed E-state index contributed by atoms with van der Waals surface area (Å²) in [6.45, 7) is -0.261. The Bertz CT molecular complexity index is 761. The number of halogens is 3. The Morgan fingerprint density at radius 3 is 2.75 bits per heavy atom. The topological polar surface area (TPSA) is 62.2 Å². The highest BCUT2D eigenvalue weighted by molar-refractivity contribution is 5.95. The zero-order valence-electron chi connectivity index (χ0n) is 12.5. The number of pyridine rings is 1. The van der Waals surface area contributed by atoms with Crippen LogP contribution in [-0.2, 0) is 17.6 Å². The molecule has 2 N–H and O–H groups in total. The molecule has 0 bridgehead atoms. The first-order chi connectivity index (χ1) is 11.4. The molecule has 1 saturated carbocycles. The van der Waals surface area contributed by atoms with E-state index >= 15 is 0 Å². The Hall–Kier alpha value is -2.41. The van der Waals surface area contributed by atoms with Gasteiger partial charge in [0.1, 0.15) is 0 Å². The Labute approximate surface area is 136 Å². The number of carbonyl (C=O) groups is 1. The normalized spacial score (nSPS) is 19.8. The van der Waals surface area contributed by atoms with Gasteiger partial charge >= 0.3 is 6.18 Å². The number of benzene rings is 1. The quantitative estimate of drug-likeness (QED) is 0.900. The average Bonchev–Trinajstić information content (AvgIpc) is 3.35. The highest BCUT2D eigenvalue weighted by Crippen LogP contribution is 2.51. The van der Waals surface area contributed by atoms with Crippen LogP contribution >= 0.6 is 0 Å². The molecule has 126 valence electrons. The van der Waals surface area contributed by atoms with E-state index in [2.05, 4.69) is 10.3 Å². The van der Waals surface area contributed by atoms with E-state index in [1.54, 1.807) is 12.1 Å². The van der Waals surface area contributed by atoms with E-state index < -0.39 is 23.6 Å². The SMILES string of the molecule is O=C(Nc1cnccc1CO)C1CC1c1ccccc1C(F)(F)F. The molecule has 7 heteroatoms. The van der Waals surface area contributed by atoms with Crippen molar-refractivity contribution in [3.8, 4) is 0 Å². The molecule has 2 aromatic rings. The predicted molar refractivity (Wildman–Crippen MR) is 81.1 cm³/mol. The first kappa shape index (κ1) is 16.4. The molecule has 1 heterocycles. The van der Waals surface area contributed by atoms with E-state index in [0.29, 0.717) is 17.7 Å². The van der Waals surface area contributed by atoms with E-state index in [9.17, 15) is 23.1 Å². The monoisotopic (exact) mass is 336 g/mol. The number of amides is 1. The van der Waals surface area contributed by atoms with Crippen molar-refractivity contribution in [2.45, 2.75) is 25.1 Å². The standard InChI is InChI=1S/C17H15F3N2O2/c18-17(19,20)14-4-2-1-3-11(14)12-7-13(12)16(24)22-15-8-21-6-5-10(15)9-23/h1-6,8,12-13,23H,7,9H2,(H,22,24). The van der Waals surface area contributed by atoms with E-state index in [4.69, 9.17) is 0 Å². The average molecular weight is 336 g/mol. The Kier molecular flexibility index (Phi) is 4.28. The summed E-state index contributed by atoms with van der Waals surface area (Å²) in [5.74, 6) is -1.32. The van der Waals surface area contributed by atoms with Crippen LogP contribution in [-0.4, -0.2) is 16.0 Å². The van der Waals surface area contributed by atoms with Crippen LogP contribution in [0.4, 0.5) is 18.9 Å². The first-order valence-corrected chi connectivity index (χ1v) is 7.42. The summed E-state index contributed by atoms with van der Waals surface area (Å²) in [5.41, 5.74) is 0.340. The highest BCUT2D eigenvalue weighted by atomic mass is 19.4. The van der Waals surface area contributed by atoms with Crippen LogP contribution in [0.25, 0.3) is 0 Å². The van der Waals surface area contributed by atoms with Crippen molar-refractivity contribution in [1.82, 2.24) is 4.98 Å². The molecular formula is C17H15F3N2O2. The first-order valence-electron chi connectivity index (χ1n) is 7.42. The second-order valence-corrected chi connectivity index (χ2v) is 5.71. The van der Waals surface area contributed by atoms with Crippen LogP contribution in [0.3, 0.4) is 0 Å². The Balaban J connectivity index is 1.75. The number of hydrogen-bond acceptors (Lipinski definition) is 3. The van der Waals surface area contributed by atoms with Gasteiger partial charge in [-0.2, -0.15) is 13.2 Å². The van der Waals surface area contributed by atoms with Crippen LogP contribution < -0.4 is 5.32 Å². The lowest BCUT2D eigenvalue weighted by Crippen LogP contribution is -2.17. The fourth-order valence-electron chi connectivity index (χ4n) is 2.81. The van der Waals surface area contributed by atoms with E-state index in [-0.39, 0.29) is 18.1 Å². The third-order valence-electron chi connectivity index (χ3n) is 4.13. The molecule has 0 radical (unpaired) electrons. The lowest BCUT2D eigenvalue weighted by Gasteiger charge is -2.13. The number of nitrogens with zero attached hydrogens (tertiary/aromatic N) is 1. The van der Waals surface area contributed by atoms with Gasteiger partial charge in [0.25, 0.3) is 0 Å². The van der Waals surface area contributed by atoms with Gasteiger partial charge < -0.3 is 10.4 Å². The molecule has 24 heavy (non-hydrogen) atoms. The van der Waals surface area contributed by atoms with Gasteiger partial charge in [0, 0.05) is 17.7 Å². The second-order valence-electron chi connectivity index (χ2n) is 5.71. The Morgan fingerprint density at radius 2 is 2.04 bits per heavy atom. The van der Waals surface area contributed by atoms with Crippen LogP contribution in [0.2, 0.25) is 0 Å². The van der Waals surface area contributed by atoms with Crippen LogP contribution in [0, 0.1) is 5.92 Å². The maximum absolute atomic E-state index is 13.1. The van der Waals surface area contributed by atoms with Crippen LogP contribution in [0.5, 0.6) is 0 Å². The van der Waals surface area contributed by atoms with Crippen molar-refractivity contribution in [2.75, 3.05) is 5.32 Å². The zero-order chi connectivity index (χ0) is 17.3. The summed E-state index contributed by atoms with van der Waals surface area (Å²) in [4.78, 5) is 16.2. The number of aliphatic hydroxyl groups is 1. The number of aromatic nitrogens is 1. The van der Waals surface area contributed by atoms with E-state index in [1.807, 2.05) is 0 Å². The molecular weight excluding hydrogens is 321 g/mol. The summed E-state index contributed by atoms with van der Waals surface area (Å²) in [7, 11) is 0. The van der Waals surface area contributed by atoms with Gasteiger partial charge in [-0.25, -0.2) is 0 Å². The molecule has 4 nitrogen and oxygen atoms in total. The Morgan fingerprint density at radius 1 is 1.29 bits per heavy atom. The number of alkyl halides is 3. The predicted octanol–water partition coefficient (Wildman–Crippen LogP) is 3.33. The van der Waals surface area contributed by atoms with Crippen LogP contribution in [0.1, 0.15) is 29.0 Å². The van der Waals surface area contributed by atoms with Gasteiger partial charge in [-0.15, -0.1) is 0 Å². The maximum Gasteiger partial charge on any atom is 0.416 e. The third kappa shape index (κ3) is 3.26. The minimum Gasteiger partial charge on any atom is -0.392 e. The van der Waals surface area contributed by atoms with E-state index in [1.165, 1.54) is 24.5 Å². The minimum absolute atomic E-state index is 0.152. The van der Waals surface area contributed by atoms with Crippen LogP contribution in [0.15, 0.2) is 42.7 Å². The second kappa shape index (κ2) is 6.24. The molecule has 0 aliphatic heterocycles. The third-order valence-corrected chi connectivity index (χ3v) is 4.13. The molecule has 1 aliphatic rings. The fourth-order valence-corrected chi connectivity index (χ4v) is 2.81. The van der Waals surface area contributed by atoms with Crippen molar-refractivity contribution in [3.05, 3.63) is 59.4 Å². The highest BCUT2D eigenvalue weighted by Gasteiger charge is 2.47. The van der Waals surface area contributed by atoms with Gasteiger partial charge in [0.05, 0.1) is 24.1 Å². The molecule has 0 spiro atoms. The van der Waals surface area contributed by atoms with Gasteiger partial charge in [-0.05, 0) is 30.0 Å². The zero-order valence-corrected chi connectivity index (χ0v) is 12.5. The number of aliphatic hydroxyl groups excluding tert-OH is 1. The van der Waals surface area contributed by atoms with Crippen molar-refractivity contribution >= 4 is 11.6 Å². The molecule has 1 aliphatic carbocycles. The summed E-state index contributed by atoms with van der Waals surface area (Å²) in [6, 6.07) is 6.91. The molecule has 0 saturated heterocycles. The molecule has 1 aromatic heterocycles. The molecule has 3 rings (SSSR count). The largest absolute Gasteiger partial charge is 0.416 e. The summed E-state index contributed by atoms with van der Waals surface area (Å²) in [6.07, 6.45) is -1.17. The van der Waals surface area contributed by atoms with Crippen molar-refractivity contribution in [3.63, 3.8) is 0 Å². The van der Waals surface area contributed by atoms with Gasteiger partial charge in [-0.3, -0.25) is 9.78 Å². The number of hydrogen-bond donors (Lipinski definition) is 2. The number of nitrogens with one attached hydrogen (secondary N) is 1. The van der Waals surface area contributed by atoms with Gasteiger partial charge in [-0.1, -0.05) is 18.2 Å². The molecule has 2 unspecified atom stereocenters. The summed E-state index contributed by atoms with van der Waals surface area (Å²) >= 11 is 0. The molecule has 2 atom stereocenters. The maximum atomic E-state index is 13.1. The fraction of sp³-hybridized carbons (Fsp3) is 0.294. The number of rotatable bonds is 4.